The summed E-state index contributed by atoms with van der Waals surface area (Å²) < 4.78 is 247. The Balaban J connectivity index is 7.27. The summed E-state index contributed by atoms with van der Waals surface area (Å²) in [6.45, 7) is 1.85. The summed E-state index contributed by atoms with van der Waals surface area (Å²) in [6.07, 6.45) is -57.7. The van der Waals surface area contributed by atoms with Crippen LogP contribution in [0.1, 0.15) is 58.8 Å². The highest BCUT2D eigenvalue weighted by Crippen LogP contribution is 2.49. The van der Waals surface area contributed by atoms with Crippen LogP contribution in [0.15, 0.2) is 0 Å². The average Bonchev–Trinajstić information content (AvgIpc) is 2.70. The number of unbranched alkanes of at least 4 members (excludes halogenated alkanes) is 5. The van der Waals surface area contributed by atoms with E-state index in [1.54, 1.807) is 6.92 Å². The normalized spacial score (nSPS) is 15.9. The summed E-state index contributed by atoms with van der Waals surface area (Å²) in [6, 6.07) is 0. The first-order valence-electron chi connectivity index (χ1n) is 11.4. The number of halogens is 18. The summed E-state index contributed by atoms with van der Waals surface area (Å²) in [5.74, 6) is -8.45. The van der Waals surface area contributed by atoms with Crippen molar-refractivity contribution in [1.29, 1.82) is 0 Å². The number of alkyl halides is 18. The van der Waals surface area contributed by atoms with E-state index in [4.69, 9.17) is 0 Å². The average molecular weight is 654 g/mol. The molecule has 0 aromatic rings. The Bertz CT molecular complexity index is 637. The van der Waals surface area contributed by atoms with Crippen molar-refractivity contribution < 1.29 is 93.2 Å². The number of hydrogen-bond acceptors (Lipinski definition) is 3. The standard InChI is InChI=1S/C20H24F18O3/c1-3-4-5-6-7-8-9-10(2)20(39-11(14(21,22)23)15(24,25)26,40-12(16(27,28)29)17(30,31)32)41-13(18(33,34)35)19(36,37)38/h10-13H,3-9H2,1-2H3. The van der Waals surface area contributed by atoms with Gasteiger partial charge in [0.25, 0.3) is 24.3 Å². The molecule has 248 valence electrons. The van der Waals surface area contributed by atoms with Crippen molar-refractivity contribution in [1.82, 2.24) is 0 Å². The molecular formula is C20H24F18O3. The van der Waals surface area contributed by atoms with Gasteiger partial charge in [0.15, 0.2) is 0 Å². The van der Waals surface area contributed by atoms with Crippen molar-refractivity contribution >= 4 is 0 Å². The molecule has 21 heteroatoms. The molecule has 0 aromatic carbocycles. The van der Waals surface area contributed by atoms with Gasteiger partial charge in [0.05, 0.1) is 0 Å². The minimum Gasteiger partial charge on any atom is -0.304 e. The van der Waals surface area contributed by atoms with Crippen LogP contribution in [0, 0.1) is 5.92 Å². The van der Waals surface area contributed by atoms with Crippen LogP contribution in [-0.4, -0.2) is 61.3 Å². The smallest absolute Gasteiger partial charge is 0.304 e. The van der Waals surface area contributed by atoms with Crippen LogP contribution in [-0.2, 0) is 14.2 Å². The van der Waals surface area contributed by atoms with Crippen LogP contribution >= 0.6 is 0 Å². The fraction of sp³-hybridized carbons (Fsp3) is 1.00. The van der Waals surface area contributed by atoms with E-state index in [-0.39, 0.29) is 19.8 Å². The summed E-state index contributed by atoms with van der Waals surface area (Å²) >= 11 is 0. The second-order valence-electron chi connectivity index (χ2n) is 8.80. The highest BCUT2D eigenvalue weighted by atomic mass is 19.4. The van der Waals surface area contributed by atoms with Gasteiger partial charge in [-0.1, -0.05) is 52.4 Å². The van der Waals surface area contributed by atoms with Crippen molar-refractivity contribution in [2.45, 2.75) is 120 Å². The van der Waals surface area contributed by atoms with E-state index >= 15 is 0 Å². The van der Waals surface area contributed by atoms with E-state index in [1.807, 2.05) is 0 Å². The molecular weight excluding hydrogens is 630 g/mol. The lowest BCUT2D eigenvalue weighted by molar-refractivity contribution is -0.523. The third-order valence-electron chi connectivity index (χ3n) is 5.22. The van der Waals surface area contributed by atoms with Gasteiger partial charge in [-0.3, -0.25) is 0 Å². The predicted molar refractivity (Wildman–Crippen MR) is 101 cm³/mol. The zero-order valence-corrected chi connectivity index (χ0v) is 20.8. The van der Waals surface area contributed by atoms with Crippen LogP contribution in [0.3, 0.4) is 0 Å². The largest absolute Gasteiger partial charge is 0.423 e. The first kappa shape index (κ1) is 39.6. The molecule has 0 aliphatic heterocycles. The Labute approximate surface area is 220 Å². The van der Waals surface area contributed by atoms with Gasteiger partial charge < -0.3 is 14.2 Å². The lowest BCUT2D eigenvalue weighted by Gasteiger charge is -2.45. The van der Waals surface area contributed by atoms with Gasteiger partial charge in [0.2, 0.25) is 0 Å². The Kier molecular flexibility index (Phi) is 13.5. The first-order valence-corrected chi connectivity index (χ1v) is 11.4. The van der Waals surface area contributed by atoms with Crippen LogP contribution in [0.2, 0.25) is 0 Å². The van der Waals surface area contributed by atoms with Crippen LogP contribution < -0.4 is 0 Å². The third-order valence-corrected chi connectivity index (χ3v) is 5.22. The summed E-state index contributed by atoms with van der Waals surface area (Å²) in [7, 11) is 0. The fourth-order valence-corrected chi connectivity index (χ4v) is 3.29. The molecule has 1 unspecified atom stereocenters. The second kappa shape index (κ2) is 13.9. The zero-order valence-electron chi connectivity index (χ0n) is 20.8. The second-order valence-corrected chi connectivity index (χ2v) is 8.80. The maximum absolute atomic E-state index is 13.2. The monoisotopic (exact) mass is 654 g/mol. The van der Waals surface area contributed by atoms with Crippen molar-refractivity contribution in [3.05, 3.63) is 0 Å². The number of hydrogen-bond donors (Lipinski definition) is 0. The Morgan fingerprint density at radius 3 is 0.902 bits per heavy atom. The zero-order chi connectivity index (χ0) is 32.9. The number of ether oxygens (including phenoxy) is 3. The molecule has 0 aliphatic carbocycles. The molecule has 41 heavy (non-hydrogen) atoms. The van der Waals surface area contributed by atoms with E-state index in [1.165, 1.54) is 0 Å². The van der Waals surface area contributed by atoms with Crippen LogP contribution in [0.4, 0.5) is 79.0 Å². The molecule has 0 amide bonds. The molecule has 0 aliphatic rings. The van der Waals surface area contributed by atoms with Gasteiger partial charge >= 0.3 is 37.1 Å². The lowest BCUT2D eigenvalue weighted by Crippen LogP contribution is -2.63. The quantitative estimate of drug-likeness (QED) is 0.106. The molecule has 3 nitrogen and oxygen atoms in total. The molecule has 0 N–H and O–H groups in total. The van der Waals surface area contributed by atoms with Crippen molar-refractivity contribution in [2.75, 3.05) is 0 Å². The molecule has 0 fully saturated rings. The van der Waals surface area contributed by atoms with Gasteiger partial charge in [0.1, 0.15) is 0 Å². The fourth-order valence-electron chi connectivity index (χ4n) is 3.29. The van der Waals surface area contributed by atoms with Gasteiger partial charge in [0, 0.05) is 5.92 Å². The molecule has 0 bridgehead atoms. The molecule has 0 heterocycles. The molecule has 0 saturated heterocycles. The minimum atomic E-state index is -6.85. The van der Waals surface area contributed by atoms with E-state index in [9.17, 15) is 79.0 Å². The van der Waals surface area contributed by atoms with Crippen molar-refractivity contribution in [3.8, 4) is 0 Å². The molecule has 0 saturated carbocycles. The summed E-state index contributed by atoms with van der Waals surface area (Å²) in [4.78, 5) is 0. The van der Waals surface area contributed by atoms with Crippen molar-refractivity contribution in [2.24, 2.45) is 5.92 Å². The van der Waals surface area contributed by atoms with E-state index < -0.39 is 80.1 Å². The predicted octanol–water partition coefficient (Wildman–Crippen LogP) is 9.56. The van der Waals surface area contributed by atoms with Gasteiger partial charge in [-0.15, -0.1) is 0 Å². The van der Waals surface area contributed by atoms with Gasteiger partial charge in [-0.05, 0) is 6.42 Å². The summed E-state index contributed by atoms with van der Waals surface area (Å²) in [5, 5.41) is 0. The Morgan fingerprint density at radius 2 is 0.659 bits per heavy atom. The van der Waals surface area contributed by atoms with E-state index in [0.29, 0.717) is 19.3 Å². The highest BCUT2D eigenvalue weighted by molar-refractivity contribution is 4.87. The molecule has 0 aromatic heterocycles. The van der Waals surface area contributed by atoms with Crippen LogP contribution in [0.25, 0.3) is 0 Å². The highest BCUT2D eigenvalue weighted by Gasteiger charge is 2.70. The van der Waals surface area contributed by atoms with E-state index in [2.05, 4.69) is 14.2 Å². The number of rotatable bonds is 14. The molecule has 0 spiro atoms. The Morgan fingerprint density at radius 1 is 0.415 bits per heavy atom. The molecule has 0 rings (SSSR count). The van der Waals surface area contributed by atoms with Gasteiger partial charge in [-0.2, -0.15) is 79.0 Å². The maximum Gasteiger partial charge on any atom is 0.423 e. The maximum atomic E-state index is 13.2. The minimum absolute atomic E-state index is 0.0909. The van der Waals surface area contributed by atoms with Crippen LogP contribution in [0.5, 0.6) is 0 Å². The van der Waals surface area contributed by atoms with E-state index in [0.717, 1.165) is 0 Å². The van der Waals surface area contributed by atoms with Crippen molar-refractivity contribution in [3.63, 3.8) is 0 Å². The van der Waals surface area contributed by atoms with Gasteiger partial charge in [-0.25, -0.2) is 0 Å². The molecule has 1 atom stereocenters. The molecule has 0 radical (unpaired) electrons. The first-order chi connectivity index (χ1) is 18.0. The lowest BCUT2D eigenvalue weighted by atomic mass is 9.98. The summed E-state index contributed by atoms with van der Waals surface area (Å²) in [5.41, 5.74) is 0. The topological polar surface area (TPSA) is 27.7 Å². The SMILES string of the molecule is CCCCCCCCC(C)C(OC(C(F)(F)F)C(F)(F)F)(OC(C(F)(F)F)C(F)(F)F)OC(C(F)(F)F)C(F)(F)F. The Hall–Kier alpha value is -1.38. The third kappa shape index (κ3) is 12.8.